The van der Waals surface area contributed by atoms with Crippen LogP contribution in [0.2, 0.25) is 0 Å². The second kappa shape index (κ2) is 5.78. The summed E-state index contributed by atoms with van der Waals surface area (Å²) in [7, 11) is 0. The van der Waals surface area contributed by atoms with E-state index in [0.29, 0.717) is 6.04 Å². The van der Waals surface area contributed by atoms with Gasteiger partial charge in [-0.15, -0.1) is 0 Å². The molecule has 2 heterocycles. The van der Waals surface area contributed by atoms with E-state index in [4.69, 9.17) is 12.2 Å². The maximum atomic E-state index is 5.10. The first-order valence-electron chi connectivity index (χ1n) is 6.59. The lowest BCUT2D eigenvalue weighted by molar-refractivity contribution is 0.132. The molecule has 1 fully saturated rings. The summed E-state index contributed by atoms with van der Waals surface area (Å²) in [5, 5.41) is 0. The van der Waals surface area contributed by atoms with Crippen molar-refractivity contribution in [2.24, 2.45) is 5.92 Å². The summed E-state index contributed by atoms with van der Waals surface area (Å²) >= 11 is 5.10. The molecule has 3 heteroatoms. The van der Waals surface area contributed by atoms with Crippen LogP contribution in [0.1, 0.15) is 44.7 Å². The number of aromatic nitrogens is 1. The third-order valence-corrected chi connectivity index (χ3v) is 3.66. The molecule has 1 aromatic heterocycles. The van der Waals surface area contributed by atoms with E-state index >= 15 is 0 Å². The summed E-state index contributed by atoms with van der Waals surface area (Å²) in [4.78, 5) is 5.78. The van der Waals surface area contributed by atoms with Crippen molar-refractivity contribution < 1.29 is 0 Å². The molecule has 1 aliphatic heterocycles. The highest BCUT2D eigenvalue weighted by Crippen LogP contribution is 2.30. The van der Waals surface area contributed by atoms with Gasteiger partial charge in [0.1, 0.15) is 4.64 Å². The van der Waals surface area contributed by atoms with Gasteiger partial charge in [0.15, 0.2) is 0 Å². The number of pyridine rings is 1. The van der Waals surface area contributed by atoms with Gasteiger partial charge < -0.3 is 4.98 Å². The van der Waals surface area contributed by atoms with E-state index in [2.05, 4.69) is 36.0 Å². The SMILES string of the molecule is CC(C)CN1CCCCC1c1ccc(=S)[nH]c1. The normalized spacial score (nSPS) is 21.9. The Balaban J connectivity index is 2.15. The van der Waals surface area contributed by atoms with E-state index in [-0.39, 0.29) is 0 Å². The lowest BCUT2D eigenvalue weighted by Crippen LogP contribution is -2.36. The molecule has 0 amide bonds. The van der Waals surface area contributed by atoms with Gasteiger partial charge in [0, 0.05) is 18.8 Å². The van der Waals surface area contributed by atoms with Crippen LogP contribution in [0.3, 0.4) is 0 Å². The average Bonchev–Trinajstić information content (AvgIpc) is 2.30. The fourth-order valence-corrected chi connectivity index (χ4v) is 2.81. The predicted octanol–water partition coefficient (Wildman–Crippen LogP) is 3.93. The number of hydrogen-bond acceptors (Lipinski definition) is 2. The first-order chi connectivity index (χ1) is 8.16. The minimum absolute atomic E-state index is 0.581. The summed E-state index contributed by atoms with van der Waals surface area (Å²) in [6.45, 7) is 7.02. The molecule has 0 aliphatic carbocycles. The molecule has 1 N–H and O–H groups in total. The van der Waals surface area contributed by atoms with E-state index < -0.39 is 0 Å². The van der Waals surface area contributed by atoms with E-state index in [1.54, 1.807) is 0 Å². The predicted molar refractivity (Wildman–Crippen MR) is 74.6 cm³/mol. The molecule has 0 spiro atoms. The van der Waals surface area contributed by atoms with Gasteiger partial charge in [-0.05, 0) is 36.9 Å². The molecule has 94 valence electrons. The number of piperidine rings is 1. The van der Waals surface area contributed by atoms with Gasteiger partial charge in [0.25, 0.3) is 0 Å². The minimum Gasteiger partial charge on any atom is -0.353 e. The van der Waals surface area contributed by atoms with Crippen LogP contribution >= 0.6 is 12.2 Å². The monoisotopic (exact) mass is 250 g/mol. The van der Waals surface area contributed by atoms with E-state index in [0.717, 1.165) is 10.6 Å². The van der Waals surface area contributed by atoms with Crippen molar-refractivity contribution in [2.45, 2.75) is 39.2 Å². The largest absolute Gasteiger partial charge is 0.353 e. The van der Waals surface area contributed by atoms with Gasteiger partial charge in [0.2, 0.25) is 0 Å². The molecule has 0 bridgehead atoms. The number of likely N-dealkylation sites (tertiary alicyclic amines) is 1. The fourth-order valence-electron chi connectivity index (χ4n) is 2.69. The fraction of sp³-hybridized carbons (Fsp3) is 0.643. The van der Waals surface area contributed by atoms with E-state index in [1.807, 2.05) is 6.07 Å². The highest BCUT2D eigenvalue weighted by molar-refractivity contribution is 7.71. The van der Waals surface area contributed by atoms with Crippen molar-refractivity contribution >= 4 is 12.2 Å². The molecule has 1 aromatic rings. The summed E-state index contributed by atoms with van der Waals surface area (Å²) in [5.41, 5.74) is 1.39. The molecule has 0 radical (unpaired) electrons. The Bertz CT molecular complexity index is 390. The maximum Gasteiger partial charge on any atom is 0.103 e. The highest BCUT2D eigenvalue weighted by Gasteiger charge is 2.24. The zero-order valence-corrected chi connectivity index (χ0v) is 11.6. The summed E-state index contributed by atoms with van der Waals surface area (Å²) in [6.07, 6.45) is 6.05. The zero-order chi connectivity index (χ0) is 12.3. The van der Waals surface area contributed by atoms with Crippen LogP contribution in [-0.4, -0.2) is 23.0 Å². The molecule has 2 rings (SSSR count). The van der Waals surface area contributed by atoms with Crippen molar-refractivity contribution in [3.05, 3.63) is 28.5 Å². The minimum atomic E-state index is 0.581. The summed E-state index contributed by atoms with van der Waals surface area (Å²) in [5.74, 6) is 0.734. The number of nitrogens with one attached hydrogen (secondary N) is 1. The molecule has 0 aromatic carbocycles. The number of H-pyrrole nitrogens is 1. The lowest BCUT2D eigenvalue weighted by Gasteiger charge is -2.37. The van der Waals surface area contributed by atoms with Gasteiger partial charge in [-0.3, -0.25) is 4.90 Å². The quantitative estimate of drug-likeness (QED) is 0.820. The first kappa shape index (κ1) is 12.8. The Kier molecular flexibility index (Phi) is 4.35. The van der Waals surface area contributed by atoms with Crippen LogP contribution < -0.4 is 0 Å². The second-order valence-corrected chi connectivity index (χ2v) is 5.83. The molecule has 1 saturated heterocycles. The standard InChI is InChI=1S/C14H22N2S/c1-11(2)10-16-8-4-3-5-13(16)12-6-7-14(17)15-9-12/h6-7,9,11,13H,3-5,8,10H2,1-2H3,(H,15,17). The van der Waals surface area contributed by atoms with Crippen LogP contribution in [-0.2, 0) is 0 Å². The number of hydrogen-bond donors (Lipinski definition) is 1. The van der Waals surface area contributed by atoms with Gasteiger partial charge >= 0.3 is 0 Å². The van der Waals surface area contributed by atoms with Crippen molar-refractivity contribution in [3.8, 4) is 0 Å². The zero-order valence-electron chi connectivity index (χ0n) is 10.8. The van der Waals surface area contributed by atoms with Crippen LogP contribution in [0.5, 0.6) is 0 Å². The molecule has 0 saturated carbocycles. The Hall–Kier alpha value is -0.670. The van der Waals surface area contributed by atoms with Crippen LogP contribution in [0, 0.1) is 10.6 Å². The van der Waals surface area contributed by atoms with Gasteiger partial charge in [-0.25, -0.2) is 0 Å². The van der Waals surface area contributed by atoms with Crippen molar-refractivity contribution in [1.82, 2.24) is 9.88 Å². The Morgan fingerprint density at radius 2 is 2.24 bits per heavy atom. The van der Waals surface area contributed by atoms with E-state index in [1.165, 1.54) is 37.9 Å². The summed E-state index contributed by atoms with van der Waals surface area (Å²) in [6, 6.07) is 4.77. The summed E-state index contributed by atoms with van der Waals surface area (Å²) < 4.78 is 0.819. The second-order valence-electron chi connectivity index (χ2n) is 5.39. The molecule has 17 heavy (non-hydrogen) atoms. The van der Waals surface area contributed by atoms with Crippen molar-refractivity contribution in [3.63, 3.8) is 0 Å². The Morgan fingerprint density at radius 3 is 2.88 bits per heavy atom. The van der Waals surface area contributed by atoms with Gasteiger partial charge in [0.05, 0.1) is 0 Å². The number of nitrogens with zero attached hydrogens (tertiary/aromatic N) is 1. The smallest absolute Gasteiger partial charge is 0.103 e. The topological polar surface area (TPSA) is 19.0 Å². The van der Waals surface area contributed by atoms with Crippen LogP contribution in [0.25, 0.3) is 0 Å². The van der Waals surface area contributed by atoms with E-state index in [9.17, 15) is 0 Å². The number of rotatable bonds is 3. The third kappa shape index (κ3) is 3.39. The lowest BCUT2D eigenvalue weighted by atomic mass is 9.95. The maximum absolute atomic E-state index is 5.10. The average molecular weight is 250 g/mol. The molecule has 1 atom stereocenters. The Labute approximate surface area is 109 Å². The van der Waals surface area contributed by atoms with Crippen LogP contribution in [0.4, 0.5) is 0 Å². The van der Waals surface area contributed by atoms with Crippen LogP contribution in [0.15, 0.2) is 18.3 Å². The molecular formula is C14H22N2S. The van der Waals surface area contributed by atoms with Gasteiger partial charge in [-0.1, -0.05) is 38.6 Å². The number of aromatic amines is 1. The van der Waals surface area contributed by atoms with Crippen molar-refractivity contribution in [2.75, 3.05) is 13.1 Å². The van der Waals surface area contributed by atoms with Gasteiger partial charge in [-0.2, -0.15) is 0 Å². The molecule has 2 nitrogen and oxygen atoms in total. The molecule has 1 aliphatic rings. The molecule has 1 unspecified atom stereocenters. The molecular weight excluding hydrogens is 228 g/mol. The first-order valence-corrected chi connectivity index (χ1v) is 7.00. The Morgan fingerprint density at radius 1 is 1.41 bits per heavy atom. The third-order valence-electron chi connectivity index (χ3n) is 3.41. The highest BCUT2D eigenvalue weighted by atomic mass is 32.1. The van der Waals surface area contributed by atoms with Crippen molar-refractivity contribution in [1.29, 1.82) is 0 Å².